The number of hydrogen-bond donors (Lipinski definition) is 0. The molecule has 0 amide bonds. The van der Waals surface area contributed by atoms with Crippen LogP contribution in [-0.2, 0) is 4.74 Å². The predicted molar refractivity (Wildman–Crippen MR) is 61.6 cm³/mol. The highest BCUT2D eigenvalue weighted by molar-refractivity contribution is 5.97. The lowest BCUT2D eigenvalue weighted by Gasteiger charge is -2.08. The van der Waals surface area contributed by atoms with Gasteiger partial charge in [0.1, 0.15) is 12.4 Å². The van der Waals surface area contributed by atoms with E-state index < -0.39 is 18.6 Å². The second-order valence-electron chi connectivity index (χ2n) is 4.15. The Labute approximate surface area is 108 Å². The van der Waals surface area contributed by atoms with Crippen LogP contribution in [0.3, 0.4) is 0 Å². The van der Waals surface area contributed by atoms with Crippen molar-refractivity contribution in [1.82, 2.24) is 0 Å². The van der Waals surface area contributed by atoms with E-state index in [1.165, 1.54) is 12.1 Å². The molecule has 0 saturated heterocycles. The van der Waals surface area contributed by atoms with Crippen molar-refractivity contribution in [2.24, 2.45) is 0 Å². The number of carbonyl (C=O) groups is 1. The summed E-state index contributed by atoms with van der Waals surface area (Å²) < 4.78 is 52.7. The number of benzene rings is 1. The van der Waals surface area contributed by atoms with Gasteiger partial charge in [-0.05, 0) is 31.0 Å². The summed E-state index contributed by atoms with van der Waals surface area (Å²) in [5, 5.41) is 0. The third-order valence-electron chi connectivity index (χ3n) is 2.46. The molecule has 19 heavy (non-hydrogen) atoms. The van der Waals surface area contributed by atoms with Gasteiger partial charge in [0, 0.05) is 18.6 Å². The van der Waals surface area contributed by atoms with E-state index in [2.05, 4.69) is 4.74 Å². The zero-order valence-corrected chi connectivity index (χ0v) is 10.4. The molecule has 106 valence electrons. The highest BCUT2D eigenvalue weighted by Gasteiger charge is 2.27. The van der Waals surface area contributed by atoms with Gasteiger partial charge in [0.2, 0.25) is 0 Å². The number of rotatable bonds is 6. The van der Waals surface area contributed by atoms with E-state index in [1.54, 1.807) is 6.92 Å². The molecule has 0 fully saturated rings. The predicted octanol–water partition coefficient (Wildman–Crippen LogP) is 3.68. The lowest BCUT2D eigenvalue weighted by Crippen LogP contribution is -2.17. The van der Waals surface area contributed by atoms with Crippen LogP contribution in [0.5, 0.6) is 0 Å². The summed E-state index contributed by atoms with van der Waals surface area (Å²) in [7, 11) is 0. The number of Topliss-reactive ketones (excluding diaryl/α,β-unsaturated/α-hetero) is 1. The van der Waals surface area contributed by atoms with Gasteiger partial charge >= 0.3 is 6.18 Å². The van der Waals surface area contributed by atoms with Crippen molar-refractivity contribution in [2.45, 2.75) is 25.9 Å². The molecule has 0 heterocycles. The molecule has 1 aromatic rings. The van der Waals surface area contributed by atoms with Crippen molar-refractivity contribution in [3.63, 3.8) is 0 Å². The first kappa shape index (κ1) is 15.6. The van der Waals surface area contributed by atoms with E-state index >= 15 is 0 Å². The molecular weight excluding hydrogens is 264 g/mol. The molecule has 0 aliphatic carbocycles. The zero-order chi connectivity index (χ0) is 14.5. The van der Waals surface area contributed by atoms with E-state index in [9.17, 15) is 22.4 Å². The third kappa shape index (κ3) is 5.83. The van der Waals surface area contributed by atoms with Gasteiger partial charge in [0.15, 0.2) is 5.78 Å². The van der Waals surface area contributed by atoms with Crippen LogP contribution < -0.4 is 0 Å². The summed E-state index contributed by atoms with van der Waals surface area (Å²) in [4.78, 5) is 11.7. The van der Waals surface area contributed by atoms with Crippen LogP contribution in [0.2, 0.25) is 0 Å². The van der Waals surface area contributed by atoms with Gasteiger partial charge in [0.25, 0.3) is 0 Å². The molecular formula is C13H14F4O2. The molecule has 0 unspecified atom stereocenters. The van der Waals surface area contributed by atoms with Crippen LogP contribution in [0.4, 0.5) is 17.6 Å². The fraction of sp³-hybridized carbons (Fsp3) is 0.462. The second-order valence-corrected chi connectivity index (χ2v) is 4.15. The van der Waals surface area contributed by atoms with Crippen molar-refractivity contribution < 1.29 is 27.1 Å². The van der Waals surface area contributed by atoms with Gasteiger partial charge in [-0.15, -0.1) is 0 Å². The average Bonchev–Trinajstić information content (AvgIpc) is 2.30. The smallest absolute Gasteiger partial charge is 0.372 e. The van der Waals surface area contributed by atoms with Crippen LogP contribution in [0, 0.1) is 12.7 Å². The van der Waals surface area contributed by atoms with Crippen LogP contribution >= 0.6 is 0 Å². The molecule has 1 aromatic carbocycles. The van der Waals surface area contributed by atoms with E-state index in [0.29, 0.717) is 5.56 Å². The minimum Gasteiger partial charge on any atom is -0.372 e. The Morgan fingerprint density at radius 1 is 1.32 bits per heavy atom. The summed E-state index contributed by atoms with van der Waals surface area (Å²) in [6.07, 6.45) is -4.16. The monoisotopic (exact) mass is 278 g/mol. The lowest BCUT2D eigenvalue weighted by atomic mass is 10.0. The maximum atomic E-state index is 13.0. The molecule has 0 aliphatic rings. The van der Waals surface area contributed by atoms with Crippen LogP contribution in [0.25, 0.3) is 0 Å². The van der Waals surface area contributed by atoms with E-state index in [-0.39, 0.29) is 30.8 Å². The topological polar surface area (TPSA) is 26.3 Å². The Balaban J connectivity index is 2.38. The average molecular weight is 278 g/mol. The highest BCUT2D eigenvalue weighted by Crippen LogP contribution is 2.16. The Morgan fingerprint density at radius 3 is 2.63 bits per heavy atom. The highest BCUT2D eigenvalue weighted by atomic mass is 19.4. The van der Waals surface area contributed by atoms with Gasteiger partial charge in [-0.3, -0.25) is 4.79 Å². The fourth-order valence-corrected chi connectivity index (χ4v) is 1.55. The summed E-state index contributed by atoms with van der Waals surface area (Å²) >= 11 is 0. The van der Waals surface area contributed by atoms with Gasteiger partial charge in [0.05, 0.1) is 0 Å². The molecule has 0 saturated carbocycles. The largest absolute Gasteiger partial charge is 0.411 e. The van der Waals surface area contributed by atoms with Crippen molar-refractivity contribution in [3.8, 4) is 0 Å². The van der Waals surface area contributed by atoms with Gasteiger partial charge < -0.3 is 4.74 Å². The van der Waals surface area contributed by atoms with E-state index in [0.717, 1.165) is 6.07 Å². The van der Waals surface area contributed by atoms with Gasteiger partial charge in [-0.2, -0.15) is 13.2 Å². The van der Waals surface area contributed by atoms with E-state index in [4.69, 9.17) is 0 Å². The molecule has 0 N–H and O–H groups in total. The number of alkyl halides is 3. The molecule has 1 rings (SSSR count). The lowest BCUT2D eigenvalue weighted by molar-refractivity contribution is -0.173. The van der Waals surface area contributed by atoms with Crippen molar-refractivity contribution in [3.05, 3.63) is 35.1 Å². The molecule has 0 bridgehead atoms. The maximum Gasteiger partial charge on any atom is 0.411 e. The number of carbonyl (C=O) groups excluding carboxylic acids is 1. The Hall–Kier alpha value is -1.43. The summed E-state index contributed by atoms with van der Waals surface area (Å²) in [6, 6.07) is 3.87. The summed E-state index contributed by atoms with van der Waals surface area (Å²) in [6.45, 7) is 0.201. The number of aryl methyl sites for hydroxylation is 1. The molecule has 0 spiro atoms. The molecule has 6 heteroatoms. The normalized spacial score (nSPS) is 11.6. The van der Waals surface area contributed by atoms with Crippen molar-refractivity contribution in [1.29, 1.82) is 0 Å². The minimum absolute atomic E-state index is 0.0299. The standard InChI is InChI=1S/C13H14F4O2/c1-9-4-5-10(14)7-11(9)12(18)3-2-6-19-8-13(15,16)17/h4-5,7H,2-3,6,8H2,1H3. The maximum absolute atomic E-state index is 13.0. The zero-order valence-electron chi connectivity index (χ0n) is 10.4. The quantitative estimate of drug-likeness (QED) is 0.451. The number of hydrogen-bond acceptors (Lipinski definition) is 2. The SMILES string of the molecule is Cc1ccc(F)cc1C(=O)CCCOCC(F)(F)F. The second kappa shape index (κ2) is 6.65. The van der Waals surface area contributed by atoms with E-state index in [1.807, 2.05) is 0 Å². The van der Waals surface area contributed by atoms with Crippen LogP contribution in [0.15, 0.2) is 18.2 Å². The number of ether oxygens (including phenoxy) is 1. The Bertz CT molecular complexity index is 441. The number of halogens is 4. The first-order chi connectivity index (χ1) is 8.79. The van der Waals surface area contributed by atoms with Crippen LogP contribution in [-0.4, -0.2) is 25.2 Å². The third-order valence-corrected chi connectivity index (χ3v) is 2.46. The number of ketones is 1. The Morgan fingerprint density at radius 2 is 2.00 bits per heavy atom. The van der Waals surface area contributed by atoms with Gasteiger partial charge in [-0.1, -0.05) is 6.07 Å². The first-order valence-corrected chi connectivity index (χ1v) is 5.73. The molecule has 2 nitrogen and oxygen atoms in total. The van der Waals surface area contributed by atoms with Crippen molar-refractivity contribution in [2.75, 3.05) is 13.2 Å². The molecule has 0 radical (unpaired) electrons. The summed E-state index contributed by atoms with van der Waals surface area (Å²) in [5.74, 6) is -0.810. The molecule has 0 aliphatic heterocycles. The fourth-order valence-electron chi connectivity index (χ4n) is 1.55. The Kier molecular flexibility index (Phi) is 5.47. The summed E-state index contributed by atoms with van der Waals surface area (Å²) in [5.41, 5.74) is 0.901. The van der Waals surface area contributed by atoms with Gasteiger partial charge in [-0.25, -0.2) is 4.39 Å². The molecule has 0 aromatic heterocycles. The van der Waals surface area contributed by atoms with Crippen LogP contribution in [0.1, 0.15) is 28.8 Å². The first-order valence-electron chi connectivity index (χ1n) is 5.73. The molecule has 0 atom stereocenters. The minimum atomic E-state index is -4.36. The van der Waals surface area contributed by atoms with Crippen molar-refractivity contribution >= 4 is 5.78 Å².